The lowest BCUT2D eigenvalue weighted by Crippen LogP contribution is -2.19. The second-order valence-corrected chi connectivity index (χ2v) is 13.7. The van der Waals surface area contributed by atoms with Gasteiger partial charge in [0.2, 0.25) is 0 Å². The molecule has 0 atom stereocenters. The van der Waals surface area contributed by atoms with Gasteiger partial charge in [0, 0.05) is 5.06 Å². The van der Waals surface area contributed by atoms with Gasteiger partial charge in [0.15, 0.2) is 0 Å². The van der Waals surface area contributed by atoms with Crippen molar-refractivity contribution in [1.29, 1.82) is 10.5 Å². The summed E-state index contributed by atoms with van der Waals surface area (Å²) in [5.74, 6) is 1.96. The second kappa shape index (κ2) is 13.5. The first kappa shape index (κ1) is 27.7. The van der Waals surface area contributed by atoms with Gasteiger partial charge in [0.05, 0.1) is 11.1 Å². The summed E-state index contributed by atoms with van der Waals surface area (Å²) in [6, 6.07) is 53.6. The summed E-state index contributed by atoms with van der Waals surface area (Å²) < 4.78 is 0. The van der Waals surface area contributed by atoms with Gasteiger partial charge in [-0.2, -0.15) is 10.5 Å². The number of hydrogen-bond donors (Lipinski definition) is 0. The van der Waals surface area contributed by atoms with Crippen LogP contribution in [0.2, 0.25) is 0 Å². The van der Waals surface area contributed by atoms with Gasteiger partial charge < -0.3 is 5.41 Å². The Morgan fingerprint density at radius 3 is 1.10 bits per heavy atom. The number of hydrogen-bond acceptors (Lipinski definition) is 2. The van der Waals surface area contributed by atoms with Crippen LogP contribution < -0.4 is 21.2 Å². The van der Waals surface area contributed by atoms with Crippen LogP contribution in [0.1, 0.15) is 11.1 Å². The summed E-state index contributed by atoms with van der Waals surface area (Å²) >= 11 is 0. The van der Waals surface area contributed by atoms with Gasteiger partial charge in [-0.25, -0.2) is 5.87 Å². The van der Waals surface area contributed by atoms with Crippen LogP contribution in [0.5, 0.6) is 0 Å². The predicted molar refractivity (Wildman–Crippen MR) is 175 cm³/mol. The number of benzene rings is 5. The van der Waals surface area contributed by atoms with Gasteiger partial charge in [-0.15, -0.1) is 0 Å². The topological polar surface area (TPSA) is 69.9 Å². The zero-order valence-corrected chi connectivity index (χ0v) is 23.9. The summed E-state index contributed by atoms with van der Waals surface area (Å²) in [4.78, 5) is 0. The molecule has 0 fully saturated rings. The molecule has 0 unspecified atom stereocenters. The molecule has 5 rings (SSSR count). The van der Waals surface area contributed by atoms with E-state index in [2.05, 4.69) is 103 Å². The molecule has 0 amide bonds. The van der Waals surface area contributed by atoms with Gasteiger partial charge in [0.25, 0.3) is 0 Å². The molecule has 0 aliphatic rings. The molecule has 194 valence electrons. The minimum absolute atomic E-state index is 0.0471. The molecule has 0 radical (unpaired) electrons. The molecule has 41 heavy (non-hydrogen) atoms. The Hall–Kier alpha value is -4.87. The molecule has 5 aromatic carbocycles. The smallest absolute Gasteiger partial charge is 0.106 e. The standard InChI is InChI=1S/C36H24N3P2/c37-25-30(26-38)28-21-23-29(24-22-28)35(27-39)36(40(31-13-5-1-6-14-31)32-15-7-2-8-16-32)41(33-17-9-3-10-18-33)34-19-11-4-12-20-34/h1-24H/q-1. The van der Waals surface area contributed by atoms with Crippen LogP contribution in [0.4, 0.5) is 0 Å². The number of nitriles is 2. The lowest BCUT2D eigenvalue weighted by molar-refractivity contribution is 1.50. The van der Waals surface area contributed by atoms with Crippen LogP contribution >= 0.6 is 15.8 Å². The van der Waals surface area contributed by atoms with Crippen LogP contribution in [0.15, 0.2) is 151 Å². The maximum absolute atomic E-state index is 10.9. The Bertz CT molecular complexity index is 1620. The summed E-state index contributed by atoms with van der Waals surface area (Å²) in [6.45, 7) is 0. The minimum Gasteiger partial charge on any atom is -0.762 e. The van der Waals surface area contributed by atoms with E-state index in [1.54, 1.807) is 12.1 Å². The van der Waals surface area contributed by atoms with Crippen LogP contribution in [0.3, 0.4) is 0 Å². The molecule has 0 saturated carbocycles. The van der Waals surface area contributed by atoms with Gasteiger partial charge in [-0.1, -0.05) is 146 Å². The Kier molecular flexibility index (Phi) is 9.09. The van der Waals surface area contributed by atoms with E-state index in [4.69, 9.17) is 0 Å². The van der Waals surface area contributed by atoms with E-state index in [1.807, 2.05) is 48.3 Å². The Morgan fingerprint density at radius 1 is 0.463 bits per heavy atom. The molecular weight excluding hydrogens is 536 g/mol. The monoisotopic (exact) mass is 560 g/mol. The summed E-state index contributed by atoms with van der Waals surface area (Å²) in [7, 11) is -2.24. The molecule has 0 saturated heterocycles. The fourth-order valence-corrected chi connectivity index (χ4v) is 11.1. The average molecular weight is 561 g/mol. The van der Waals surface area contributed by atoms with Crippen LogP contribution in [-0.2, 0) is 0 Å². The van der Waals surface area contributed by atoms with Crippen molar-refractivity contribution in [2.45, 2.75) is 0 Å². The normalized spacial score (nSPS) is 10.3. The molecule has 0 N–H and O–H groups in total. The van der Waals surface area contributed by atoms with Crippen molar-refractivity contribution in [3.8, 4) is 12.1 Å². The summed E-state index contributed by atoms with van der Waals surface area (Å²) in [5, 5.41) is 35.4. The van der Waals surface area contributed by atoms with E-state index >= 15 is 0 Å². The number of allylic oxidation sites excluding steroid dienone is 2. The van der Waals surface area contributed by atoms with E-state index < -0.39 is 15.8 Å². The van der Waals surface area contributed by atoms with Gasteiger partial charge in [-0.3, -0.25) is 0 Å². The quantitative estimate of drug-likeness (QED) is 0.114. The van der Waals surface area contributed by atoms with Crippen molar-refractivity contribution < 1.29 is 0 Å². The zero-order chi connectivity index (χ0) is 28.4. The van der Waals surface area contributed by atoms with Crippen molar-refractivity contribution in [1.82, 2.24) is 0 Å². The lowest BCUT2D eigenvalue weighted by Gasteiger charge is -2.31. The molecular formula is C36H24N3P2-. The molecule has 0 spiro atoms. The van der Waals surface area contributed by atoms with Crippen molar-refractivity contribution >= 4 is 54.1 Å². The maximum Gasteiger partial charge on any atom is 0.106 e. The van der Waals surface area contributed by atoms with E-state index in [0.717, 1.165) is 31.8 Å². The van der Waals surface area contributed by atoms with E-state index in [9.17, 15) is 15.9 Å². The Labute approximate surface area is 243 Å². The van der Waals surface area contributed by atoms with Crippen LogP contribution in [-0.4, -0.2) is 5.87 Å². The second-order valence-electron chi connectivity index (χ2n) is 9.00. The summed E-state index contributed by atoms with van der Waals surface area (Å²) in [6.07, 6.45) is 0. The molecule has 0 aliphatic heterocycles. The van der Waals surface area contributed by atoms with Crippen molar-refractivity contribution in [2.75, 3.05) is 0 Å². The van der Waals surface area contributed by atoms with E-state index in [-0.39, 0.29) is 5.57 Å². The average Bonchev–Trinajstić information content (AvgIpc) is 3.05. The van der Waals surface area contributed by atoms with Gasteiger partial charge in [0.1, 0.15) is 12.1 Å². The highest BCUT2D eigenvalue weighted by Crippen LogP contribution is 2.62. The third-order valence-corrected chi connectivity index (χ3v) is 12.3. The highest BCUT2D eigenvalue weighted by molar-refractivity contribution is 7.95. The third-order valence-electron chi connectivity index (χ3n) is 6.50. The van der Waals surface area contributed by atoms with Crippen LogP contribution in [0, 0.1) is 22.7 Å². The summed E-state index contributed by atoms with van der Waals surface area (Å²) in [5.41, 5.74) is 1.97. The minimum atomic E-state index is -1.12. The lowest BCUT2D eigenvalue weighted by atomic mass is 10.0. The number of rotatable bonds is 8. The molecule has 3 nitrogen and oxygen atoms in total. The Morgan fingerprint density at radius 2 is 0.805 bits per heavy atom. The molecule has 5 heteroatoms. The fraction of sp³-hybridized carbons (Fsp3) is 0. The van der Waals surface area contributed by atoms with Gasteiger partial charge in [-0.05, 0) is 48.2 Å². The first-order valence-electron chi connectivity index (χ1n) is 13.0. The Balaban J connectivity index is 1.88. The zero-order valence-electron chi connectivity index (χ0n) is 22.1. The molecule has 5 aromatic rings. The SMILES string of the molecule is N#CC(=C=[N-])c1ccc(C(C#N)=C(P(c2ccccc2)c2ccccc2)P(c2ccccc2)c2ccccc2)cc1. The largest absolute Gasteiger partial charge is 0.762 e. The third kappa shape index (κ3) is 6.16. The molecule has 0 bridgehead atoms. The molecule has 0 aromatic heterocycles. The van der Waals surface area contributed by atoms with Crippen molar-refractivity contribution in [3.63, 3.8) is 0 Å². The first-order valence-corrected chi connectivity index (χ1v) is 15.7. The highest BCUT2D eigenvalue weighted by Gasteiger charge is 2.31. The number of nitrogens with zero attached hydrogens (tertiary/aromatic N) is 3. The predicted octanol–water partition coefficient (Wildman–Crippen LogP) is 7.29. The maximum atomic E-state index is 10.9. The van der Waals surface area contributed by atoms with Crippen molar-refractivity contribution in [3.05, 3.63) is 167 Å². The van der Waals surface area contributed by atoms with E-state index in [1.165, 1.54) is 0 Å². The fourth-order valence-electron chi connectivity index (χ4n) is 4.62. The van der Waals surface area contributed by atoms with E-state index in [0.29, 0.717) is 11.1 Å². The molecule has 0 heterocycles. The van der Waals surface area contributed by atoms with Crippen LogP contribution in [0.25, 0.3) is 16.6 Å². The highest BCUT2D eigenvalue weighted by atomic mass is 31.2. The van der Waals surface area contributed by atoms with Crippen molar-refractivity contribution in [2.24, 2.45) is 0 Å². The van der Waals surface area contributed by atoms with Gasteiger partial charge >= 0.3 is 0 Å². The molecule has 0 aliphatic carbocycles. The first-order chi connectivity index (χ1) is 20.2.